The summed E-state index contributed by atoms with van der Waals surface area (Å²) in [6.45, 7) is 5.34. The Morgan fingerprint density at radius 2 is 0.688 bits per heavy atom. The summed E-state index contributed by atoms with van der Waals surface area (Å²) in [4.78, 5) is 25.5. The molecule has 1 aromatic rings. The Bertz CT molecular complexity index is 892. The van der Waals surface area contributed by atoms with Crippen molar-refractivity contribution < 1.29 is 19.1 Å². The highest BCUT2D eigenvalue weighted by atomic mass is 16.5. The Morgan fingerprint density at radius 1 is 0.417 bits per heavy atom. The first-order valence-electron chi connectivity index (χ1n) is 20.8. The Balaban J connectivity index is 2.01. The predicted molar refractivity (Wildman–Crippen MR) is 206 cm³/mol. The number of carbonyl (C=O) groups excluding carboxylic acids is 2. The normalized spacial score (nSPS) is 11.4. The van der Waals surface area contributed by atoms with E-state index in [-0.39, 0.29) is 0 Å². The van der Waals surface area contributed by atoms with Crippen LogP contribution in [0.2, 0.25) is 0 Å². The number of carbonyl (C=O) groups is 2. The van der Waals surface area contributed by atoms with E-state index >= 15 is 0 Å². The second-order valence-electron chi connectivity index (χ2n) is 14.1. The van der Waals surface area contributed by atoms with Crippen LogP contribution >= 0.6 is 0 Å². The van der Waals surface area contributed by atoms with Crippen molar-refractivity contribution in [3.63, 3.8) is 0 Å². The van der Waals surface area contributed by atoms with Crippen LogP contribution < -0.4 is 0 Å². The SMILES string of the molecule is CCCCCCCCC=CCCCCCCCCOC(=O)c1ccccc1C(=O)OCCCCCCCCCCCCCCCCCC. The van der Waals surface area contributed by atoms with Crippen LogP contribution in [0.15, 0.2) is 36.4 Å². The van der Waals surface area contributed by atoms with Crippen molar-refractivity contribution in [1.82, 2.24) is 0 Å². The third-order valence-electron chi connectivity index (χ3n) is 9.49. The molecular weight excluding hydrogens is 592 g/mol. The highest BCUT2D eigenvalue weighted by Gasteiger charge is 2.18. The van der Waals surface area contributed by atoms with Crippen LogP contribution in [0.5, 0.6) is 0 Å². The molecule has 0 aromatic heterocycles. The quantitative estimate of drug-likeness (QED) is 0.0410. The van der Waals surface area contributed by atoms with E-state index in [1.807, 2.05) is 0 Å². The van der Waals surface area contributed by atoms with E-state index in [1.54, 1.807) is 24.3 Å². The topological polar surface area (TPSA) is 52.6 Å². The average molecular weight is 669 g/mol. The molecule has 0 radical (unpaired) electrons. The van der Waals surface area contributed by atoms with Gasteiger partial charge >= 0.3 is 11.9 Å². The van der Waals surface area contributed by atoms with Crippen LogP contribution in [0.25, 0.3) is 0 Å². The molecule has 0 fully saturated rings. The average Bonchev–Trinajstić information content (AvgIpc) is 3.10. The maximum absolute atomic E-state index is 12.7. The van der Waals surface area contributed by atoms with Gasteiger partial charge in [-0.1, -0.05) is 192 Å². The molecule has 4 nitrogen and oxygen atoms in total. The lowest BCUT2D eigenvalue weighted by Crippen LogP contribution is -2.15. The summed E-state index contributed by atoms with van der Waals surface area (Å²) in [5.74, 6) is -0.863. The van der Waals surface area contributed by atoms with Crippen LogP contribution in [-0.2, 0) is 9.47 Å². The van der Waals surface area contributed by atoms with Gasteiger partial charge in [0.2, 0.25) is 0 Å². The minimum Gasteiger partial charge on any atom is -0.462 e. The fourth-order valence-electron chi connectivity index (χ4n) is 6.32. The van der Waals surface area contributed by atoms with Gasteiger partial charge in [-0.3, -0.25) is 0 Å². The summed E-state index contributed by atoms with van der Waals surface area (Å²) in [6.07, 6.45) is 43.2. The molecule has 48 heavy (non-hydrogen) atoms. The third kappa shape index (κ3) is 26.8. The van der Waals surface area contributed by atoms with Crippen molar-refractivity contribution in [3.05, 3.63) is 47.5 Å². The fourth-order valence-corrected chi connectivity index (χ4v) is 6.32. The first-order chi connectivity index (χ1) is 23.7. The largest absolute Gasteiger partial charge is 0.462 e. The molecule has 0 aliphatic heterocycles. The Labute approximate surface area is 297 Å². The van der Waals surface area contributed by atoms with Crippen LogP contribution in [0.1, 0.15) is 227 Å². The number of benzene rings is 1. The molecule has 276 valence electrons. The number of allylic oxidation sites excluding steroid dienone is 2. The minimum atomic E-state index is -0.433. The lowest BCUT2D eigenvalue weighted by Gasteiger charge is -2.10. The number of esters is 2. The fraction of sp³-hybridized carbons (Fsp3) is 0.773. The Hall–Kier alpha value is -2.10. The predicted octanol–water partition coefficient (Wildman–Crippen LogP) is 14.3. The molecule has 0 saturated heterocycles. The number of unbranched alkanes of at least 4 members (excludes halogenated alkanes) is 27. The third-order valence-corrected chi connectivity index (χ3v) is 9.49. The van der Waals surface area contributed by atoms with E-state index in [0.29, 0.717) is 24.3 Å². The van der Waals surface area contributed by atoms with Crippen LogP contribution in [0, 0.1) is 0 Å². The maximum atomic E-state index is 12.7. The van der Waals surface area contributed by atoms with Gasteiger partial charge in [-0.05, 0) is 50.7 Å². The van der Waals surface area contributed by atoms with Gasteiger partial charge in [0.05, 0.1) is 24.3 Å². The molecule has 0 aliphatic rings. The minimum absolute atomic E-state index is 0.305. The van der Waals surface area contributed by atoms with E-state index < -0.39 is 11.9 Å². The van der Waals surface area contributed by atoms with Crippen molar-refractivity contribution in [2.45, 2.75) is 206 Å². The molecule has 0 unspecified atom stereocenters. The standard InChI is InChI=1S/C44H76O4/c1-3-5-7-9-11-13-15-17-19-21-23-25-27-29-31-35-39-47-43(45)41-37-33-34-38-42(41)44(46)48-40-36-32-30-28-26-24-22-20-18-16-14-12-10-8-6-4-2/h17,19,33-34,37-38H,3-16,18,20-32,35-36,39-40H2,1-2H3. The van der Waals surface area contributed by atoms with Crippen molar-refractivity contribution in [2.24, 2.45) is 0 Å². The monoisotopic (exact) mass is 669 g/mol. The first kappa shape index (κ1) is 43.9. The van der Waals surface area contributed by atoms with Gasteiger partial charge < -0.3 is 9.47 Å². The summed E-state index contributed by atoms with van der Waals surface area (Å²) in [5.41, 5.74) is 0.610. The highest BCUT2D eigenvalue weighted by Crippen LogP contribution is 2.16. The molecular formula is C44H76O4. The number of rotatable bonds is 35. The van der Waals surface area contributed by atoms with Gasteiger partial charge in [0.15, 0.2) is 0 Å². The van der Waals surface area contributed by atoms with E-state index in [0.717, 1.165) is 25.7 Å². The zero-order chi connectivity index (χ0) is 34.6. The summed E-state index contributed by atoms with van der Waals surface area (Å²) in [7, 11) is 0. The molecule has 0 heterocycles. The Morgan fingerprint density at radius 3 is 1.00 bits per heavy atom. The maximum Gasteiger partial charge on any atom is 0.339 e. The first-order valence-corrected chi connectivity index (χ1v) is 20.8. The van der Waals surface area contributed by atoms with Gasteiger partial charge in [-0.15, -0.1) is 0 Å². The highest BCUT2D eigenvalue weighted by molar-refractivity contribution is 6.03. The van der Waals surface area contributed by atoms with E-state index in [2.05, 4.69) is 26.0 Å². The lowest BCUT2D eigenvalue weighted by atomic mass is 10.0. The van der Waals surface area contributed by atoms with Crippen molar-refractivity contribution >= 4 is 11.9 Å². The Kier molecular flexibility index (Phi) is 31.8. The summed E-state index contributed by atoms with van der Waals surface area (Å²) in [5, 5.41) is 0. The summed E-state index contributed by atoms with van der Waals surface area (Å²) >= 11 is 0. The van der Waals surface area contributed by atoms with Gasteiger partial charge in [0, 0.05) is 0 Å². The van der Waals surface area contributed by atoms with Gasteiger partial charge in [-0.25, -0.2) is 9.59 Å². The molecule has 0 amide bonds. The summed E-state index contributed by atoms with van der Waals surface area (Å²) < 4.78 is 11.0. The molecule has 1 rings (SSSR count). The second kappa shape index (κ2) is 34.8. The van der Waals surface area contributed by atoms with Gasteiger partial charge in [0.1, 0.15) is 0 Å². The van der Waals surface area contributed by atoms with Crippen molar-refractivity contribution in [1.29, 1.82) is 0 Å². The molecule has 0 bridgehead atoms. The van der Waals surface area contributed by atoms with Crippen LogP contribution in [-0.4, -0.2) is 25.2 Å². The molecule has 0 aliphatic carbocycles. The lowest BCUT2D eigenvalue weighted by molar-refractivity contribution is 0.0450. The molecule has 4 heteroatoms. The summed E-state index contributed by atoms with van der Waals surface area (Å²) in [6, 6.07) is 6.87. The van der Waals surface area contributed by atoms with Crippen LogP contribution in [0.4, 0.5) is 0 Å². The van der Waals surface area contributed by atoms with Crippen molar-refractivity contribution in [2.75, 3.05) is 13.2 Å². The molecule has 0 atom stereocenters. The zero-order valence-corrected chi connectivity index (χ0v) is 31.7. The van der Waals surface area contributed by atoms with Crippen molar-refractivity contribution in [3.8, 4) is 0 Å². The van der Waals surface area contributed by atoms with E-state index in [4.69, 9.17) is 9.47 Å². The second-order valence-corrected chi connectivity index (χ2v) is 14.1. The van der Waals surface area contributed by atoms with E-state index in [9.17, 15) is 9.59 Å². The van der Waals surface area contributed by atoms with E-state index in [1.165, 1.54) is 167 Å². The number of hydrogen-bond donors (Lipinski definition) is 0. The molecule has 0 N–H and O–H groups in total. The number of ether oxygens (including phenoxy) is 2. The molecule has 0 saturated carbocycles. The van der Waals surface area contributed by atoms with Gasteiger partial charge in [-0.2, -0.15) is 0 Å². The smallest absolute Gasteiger partial charge is 0.339 e. The number of hydrogen-bond acceptors (Lipinski definition) is 4. The zero-order valence-electron chi connectivity index (χ0n) is 31.7. The van der Waals surface area contributed by atoms with Crippen LogP contribution in [0.3, 0.4) is 0 Å². The van der Waals surface area contributed by atoms with Gasteiger partial charge in [0.25, 0.3) is 0 Å². The molecule has 1 aromatic carbocycles. The molecule has 0 spiro atoms.